The van der Waals surface area contributed by atoms with E-state index >= 15 is 0 Å². The molecule has 1 fully saturated rings. The van der Waals surface area contributed by atoms with E-state index in [2.05, 4.69) is 17.1 Å². The lowest BCUT2D eigenvalue weighted by atomic mass is 9.81. The molecule has 1 heterocycles. The molecule has 23 heavy (non-hydrogen) atoms. The van der Waals surface area contributed by atoms with Gasteiger partial charge in [0, 0.05) is 18.3 Å². The van der Waals surface area contributed by atoms with Gasteiger partial charge in [0.25, 0.3) is 0 Å². The standard InChI is InChI=1S/C21H19NO/c23-21(17-7-3-1-4-8-17,18-9-5-2-6-10-18)20-15-19(20)16-11-13-22-14-12-16/h1-14,19-20,23H,15H2. The number of hydrogen-bond acceptors (Lipinski definition) is 2. The zero-order chi connectivity index (χ0) is 15.7. The van der Waals surface area contributed by atoms with E-state index in [4.69, 9.17) is 0 Å². The molecule has 2 nitrogen and oxygen atoms in total. The first-order valence-electron chi connectivity index (χ1n) is 8.03. The molecule has 4 rings (SSSR count). The predicted octanol–water partition coefficient (Wildman–Crippen LogP) is 4.12. The molecule has 0 spiro atoms. The van der Waals surface area contributed by atoms with Gasteiger partial charge in [-0.2, -0.15) is 0 Å². The summed E-state index contributed by atoms with van der Waals surface area (Å²) >= 11 is 0. The molecule has 0 aliphatic heterocycles. The molecule has 2 heteroatoms. The molecule has 1 aliphatic carbocycles. The molecular weight excluding hydrogens is 282 g/mol. The van der Waals surface area contributed by atoms with E-state index in [0.717, 1.165) is 17.5 Å². The second-order valence-electron chi connectivity index (χ2n) is 6.23. The van der Waals surface area contributed by atoms with Crippen LogP contribution in [0, 0.1) is 5.92 Å². The third-order valence-corrected chi connectivity index (χ3v) is 4.89. The largest absolute Gasteiger partial charge is 0.380 e. The van der Waals surface area contributed by atoms with Crippen molar-refractivity contribution in [1.29, 1.82) is 0 Å². The van der Waals surface area contributed by atoms with Crippen LogP contribution in [0.2, 0.25) is 0 Å². The van der Waals surface area contributed by atoms with Crippen LogP contribution in [-0.4, -0.2) is 10.1 Å². The van der Waals surface area contributed by atoms with Crippen LogP contribution >= 0.6 is 0 Å². The normalized spacial score (nSPS) is 20.2. The first-order chi connectivity index (χ1) is 11.3. The van der Waals surface area contributed by atoms with Crippen LogP contribution < -0.4 is 0 Å². The average Bonchev–Trinajstić information content (AvgIpc) is 3.45. The highest BCUT2D eigenvalue weighted by Crippen LogP contribution is 2.58. The van der Waals surface area contributed by atoms with E-state index in [1.165, 1.54) is 5.56 Å². The predicted molar refractivity (Wildman–Crippen MR) is 91.0 cm³/mol. The highest BCUT2D eigenvalue weighted by Gasteiger charge is 2.54. The second kappa shape index (κ2) is 5.64. The van der Waals surface area contributed by atoms with Crippen molar-refractivity contribution >= 4 is 0 Å². The Labute approximate surface area is 136 Å². The number of nitrogens with zero attached hydrogens (tertiary/aromatic N) is 1. The molecule has 114 valence electrons. The molecule has 0 radical (unpaired) electrons. The number of rotatable bonds is 4. The van der Waals surface area contributed by atoms with E-state index in [-0.39, 0.29) is 5.92 Å². The maximum absolute atomic E-state index is 11.7. The van der Waals surface area contributed by atoms with Crippen LogP contribution in [0.4, 0.5) is 0 Å². The van der Waals surface area contributed by atoms with E-state index in [1.54, 1.807) is 0 Å². The van der Waals surface area contributed by atoms with E-state index in [1.807, 2.05) is 73.1 Å². The van der Waals surface area contributed by atoms with Gasteiger partial charge in [0.2, 0.25) is 0 Å². The van der Waals surface area contributed by atoms with Crippen molar-refractivity contribution < 1.29 is 5.11 Å². The first kappa shape index (κ1) is 14.2. The Balaban J connectivity index is 1.76. The smallest absolute Gasteiger partial charge is 0.118 e. The molecule has 1 aromatic heterocycles. The van der Waals surface area contributed by atoms with Crippen LogP contribution in [0.3, 0.4) is 0 Å². The van der Waals surface area contributed by atoms with Crippen LogP contribution in [0.5, 0.6) is 0 Å². The van der Waals surface area contributed by atoms with Crippen molar-refractivity contribution in [1.82, 2.24) is 4.98 Å². The van der Waals surface area contributed by atoms with Crippen LogP contribution in [0.15, 0.2) is 85.2 Å². The fraction of sp³-hybridized carbons (Fsp3) is 0.190. The number of pyridine rings is 1. The fourth-order valence-corrected chi connectivity index (χ4v) is 3.62. The van der Waals surface area contributed by atoms with Gasteiger partial charge in [0.1, 0.15) is 5.60 Å². The molecule has 2 atom stereocenters. The zero-order valence-corrected chi connectivity index (χ0v) is 12.8. The molecule has 0 amide bonds. The highest BCUT2D eigenvalue weighted by molar-refractivity contribution is 5.41. The van der Waals surface area contributed by atoms with Crippen molar-refractivity contribution in [2.24, 2.45) is 5.92 Å². The number of hydrogen-bond donors (Lipinski definition) is 1. The van der Waals surface area contributed by atoms with Crippen molar-refractivity contribution in [3.05, 3.63) is 102 Å². The molecule has 3 aromatic rings. The number of aliphatic hydroxyl groups is 1. The Kier molecular flexibility index (Phi) is 3.47. The summed E-state index contributed by atoms with van der Waals surface area (Å²) in [6.07, 6.45) is 4.65. The van der Waals surface area contributed by atoms with Gasteiger partial charge >= 0.3 is 0 Å². The van der Waals surface area contributed by atoms with Gasteiger partial charge in [-0.1, -0.05) is 60.7 Å². The topological polar surface area (TPSA) is 33.1 Å². The van der Waals surface area contributed by atoms with Gasteiger partial charge in [0.15, 0.2) is 0 Å². The first-order valence-corrected chi connectivity index (χ1v) is 8.03. The number of benzene rings is 2. The summed E-state index contributed by atoms with van der Waals surface area (Å²) in [6.45, 7) is 0. The maximum atomic E-state index is 11.7. The zero-order valence-electron chi connectivity index (χ0n) is 12.8. The average molecular weight is 301 g/mol. The van der Waals surface area contributed by atoms with Gasteiger partial charge in [0.05, 0.1) is 0 Å². The fourth-order valence-electron chi connectivity index (χ4n) is 3.62. The Hall–Kier alpha value is -2.45. The van der Waals surface area contributed by atoms with Gasteiger partial charge in [-0.05, 0) is 41.2 Å². The van der Waals surface area contributed by atoms with Crippen molar-refractivity contribution in [2.45, 2.75) is 17.9 Å². The Morgan fingerprint density at radius 2 is 1.30 bits per heavy atom. The molecule has 2 aromatic carbocycles. The second-order valence-corrected chi connectivity index (χ2v) is 6.23. The van der Waals surface area contributed by atoms with Crippen molar-refractivity contribution in [3.8, 4) is 0 Å². The lowest BCUT2D eigenvalue weighted by Gasteiger charge is -2.30. The summed E-state index contributed by atoms with van der Waals surface area (Å²) in [6, 6.07) is 24.2. The Morgan fingerprint density at radius 1 is 0.783 bits per heavy atom. The summed E-state index contributed by atoms with van der Waals surface area (Å²) in [4.78, 5) is 4.10. The lowest BCUT2D eigenvalue weighted by Crippen LogP contribution is -2.30. The summed E-state index contributed by atoms with van der Waals surface area (Å²) in [5.74, 6) is 0.568. The van der Waals surface area contributed by atoms with Gasteiger partial charge in [-0.3, -0.25) is 4.98 Å². The minimum absolute atomic E-state index is 0.190. The molecular formula is C21H19NO. The molecule has 1 saturated carbocycles. The van der Waals surface area contributed by atoms with E-state index in [9.17, 15) is 5.11 Å². The lowest BCUT2D eigenvalue weighted by molar-refractivity contribution is 0.0542. The van der Waals surface area contributed by atoms with E-state index < -0.39 is 5.60 Å². The quantitative estimate of drug-likeness (QED) is 0.786. The Bertz CT molecular complexity index is 731. The van der Waals surface area contributed by atoms with Crippen molar-refractivity contribution in [3.63, 3.8) is 0 Å². The number of aromatic nitrogens is 1. The molecule has 1 aliphatic rings. The van der Waals surface area contributed by atoms with Gasteiger partial charge in [-0.25, -0.2) is 0 Å². The van der Waals surface area contributed by atoms with Gasteiger partial charge < -0.3 is 5.11 Å². The maximum Gasteiger partial charge on any atom is 0.118 e. The van der Waals surface area contributed by atoms with Crippen LogP contribution in [0.1, 0.15) is 29.0 Å². The minimum Gasteiger partial charge on any atom is -0.380 e. The minimum atomic E-state index is -0.948. The SMILES string of the molecule is OC(c1ccccc1)(c1ccccc1)C1CC1c1ccncc1. The third-order valence-electron chi connectivity index (χ3n) is 4.89. The van der Waals surface area contributed by atoms with E-state index in [0.29, 0.717) is 5.92 Å². The summed E-state index contributed by atoms with van der Waals surface area (Å²) in [7, 11) is 0. The monoisotopic (exact) mass is 301 g/mol. The van der Waals surface area contributed by atoms with Crippen LogP contribution in [-0.2, 0) is 5.60 Å². The summed E-state index contributed by atoms with van der Waals surface area (Å²) in [5.41, 5.74) is 2.24. The molecule has 2 unspecified atom stereocenters. The molecule has 0 bridgehead atoms. The molecule has 1 N–H and O–H groups in total. The van der Waals surface area contributed by atoms with Crippen LogP contribution in [0.25, 0.3) is 0 Å². The van der Waals surface area contributed by atoms with Crippen molar-refractivity contribution in [2.75, 3.05) is 0 Å². The van der Waals surface area contributed by atoms with Gasteiger partial charge in [-0.15, -0.1) is 0 Å². The highest BCUT2D eigenvalue weighted by atomic mass is 16.3. The Morgan fingerprint density at radius 3 is 1.83 bits per heavy atom. The summed E-state index contributed by atoms with van der Waals surface area (Å²) in [5, 5.41) is 11.7. The summed E-state index contributed by atoms with van der Waals surface area (Å²) < 4.78 is 0. The third kappa shape index (κ3) is 2.45. The molecule has 0 saturated heterocycles.